The molecule has 1 amide bonds. The lowest BCUT2D eigenvalue weighted by Gasteiger charge is -2.26. The van der Waals surface area contributed by atoms with Crippen LogP contribution in [0.5, 0.6) is 0 Å². The van der Waals surface area contributed by atoms with Gasteiger partial charge >= 0.3 is 5.97 Å². The topological polar surface area (TPSA) is 98.5 Å². The lowest BCUT2D eigenvalue weighted by molar-refractivity contribution is -0.384. The highest BCUT2D eigenvalue weighted by Crippen LogP contribution is 2.34. The van der Waals surface area contributed by atoms with Gasteiger partial charge in [0.2, 0.25) is 5.91 Å². The molecule has 0 spiro atoms. The lowest BCUT2D eigenvalue weighted by atomic mass is 9.84. The Morgan fingerprint density at radius 3 is 2.50 bits per heavy atom. The van der Waals surface area contributed by atoms with E-state index in [4.69, 9.17) is 4.74 Å². The number of nitrogens with one attached hydrogen (secondary N) is 1. The van der Waals surface area contributed by atoms with E-state index in [1.54, 1.807) is 19.1 Å². The van der Waals surface area contributed by atoms with Gasteiger partial charge in [0, 0.05) is 36.6 Å². The largest absolute Gasteiger partial charge is 0.462 e. The van der Waals surface area contributed by atoms with Gasteiger partial charge in [-0.3, -0.25) is 14.9 Å². The van der Waals surface area contributed by atoms with Crippen molar-refractivity contribution in [3.63, 3.8) is 0 Å². The van der Waals surface area contributed by atoms with Gasteiger partial charge in [-0.15, -0.1) is 0 Å². The highest BCUT2D eigenvalue weighted by Gasteiger charge is 2.32. The van der Waals surface area contributed by atoms with Crippen molar-refractivity contribution in [3.05, 3.63) is 87.1 Å². The molecule has 1 heterocycles. The minimum atomic E-state index is -0.501. The molecule has 0 aromatic heterocycles. The molecule has 2 aromatic carbocycles. The second kappa shape index (κ2) is 8.47. The minimum absolute atomic E-state index is 0.0447. The van der Waals surface area contributed by atoms with Crippen LogP contribution in [0.25, 0.3) is 0 Å². The van der Waals surface area contributed by atoms with Crippen LogP contribution in [0.4, 0.5) is 5.69 Å². The number of nitro groups is 1. The summed E-state index contributed by atoms with van der Waals surface area (Å²) in [5.41, 5.74) is 2.50. The summed E-state index contributed by atoms with van der Waals surface area (Å²) in [6, 6.07) is 15.6. The zero-order valence-corrected chi connectivity index (χ0v) is 15.4. The normalized spacial score (nSPS) is 16.5. The Hall–Kier alpha value is -3.48. The van der Waals surface area contributed by atoms with Crippen molar-refractivity contribution >= 4 is 17.6 Å². The van der Waals surface area contributed by atoms with Gasteiger partial charge in [-0.05, 0) is 18.1 Å². The van der Waals surface area contributed by atoms with Gasteiger partial charge in [0.1, 0.15) is 0 Å². The van der Waals surface area contributed by atoms with Crippen LogP contribution in [-0.2, 0) is 20.7 Å². The van der Waals surface area contributed by atoms with Crippen molar-refractivity contribution in [2.75, 3.05) is 6.61 Å². The number of benzene rings is 2. The van der Waals surface area contributed by atoms with Crippen LogP contribution >= 0.6 is 0 Å². The number of nitro benzene ring substituents is 1. The molecular formula is C21H20N2O5. The van der Waals surface area contributed by atoms with Crippen molar-refractivity contribution in [1.82, 2.24) is 5.32 Å². The van der Waals surface area contributed by atoms with Gasteiger partial charge in [0.25, 0.3) is 5.69 Å². The van der Waals surface area contributed by atoms with E-state index < -0.39 is 16.8 Å². The van der Waals surface area contributed by atoms with E-state index in [1.807, 2.05) is 30.3 Å². The Morgan fingerprint density at radius 1 is 1.18 bits per heavy atom. The average Bonchev–Trinajstić information content (AvgIpc) is 2.68. The maximum Gasteiger partial charge on any atom is 0.336 e. The predicted octanol–water partition coefficient (Wildman–Crippen LogP) is 3.26. The van der Waals surface area contributed by atoms with Crippen molar-refractivity contribution in [1.29, 1.82) is 0 Å². The number of hydrogen-bond donors (Lipinski definition) is 1. The molecule has 1 N–H and O–H groups in total. The van der Waals surface area contributed by atoms with Gasteiger partial charge in [-0.1, -0.05) is 42.5 Å². The van der Waals surface area contributed by atoms with Gasteiger partial charge in [-0.25, -0.2) is 4.79 Å². The van der Waals surface area contributed by atoms with E-state index in [9.17, 15) is 19.7 Å². The molecule has 1 aliphatic rings. The van der Waals surface area contributed by atoms with E-state index in [-0.39, 0.29) is 24.6 Å². The number of hydrogen-bond acceptors (Lipinski definition) is 5. The molecule has 28 heavy (non-hydrogen) atoms. The Balaban J connectivity index is 1.77. The highest BCUT2D eigenvalue weighted by atomic mass is 16.6. The van der Waals surface area contributed by atoms with Gasteiger partial charge in [0.15, 0.2) is 0 Å². The molecule has 0 saturated heterocycles. The minimum Gasteiger partial charge on any atom is -0.462 e. The number of carbonyl (C=O) groups is 2. The zero-order valence-electron chi connectivity index (χ0n) is 15.4. The molecule has 7 heteroatoms. The average molecular weight is 380 g/mol. The second-order valence-corrected chi connectivity index (χ2v) is 6.56. The number of ether oxygens (including phenoxy) is 1. The summed E-state index contributed by atoms with van der Waals surface area (Å²) in [7, 11) is 0. The van der Waals surface area contributed by atoms with E-state index in [2.05, 4.69) is 5.32 Å². The molecule has 3 rings (SSSR count). The molecule has 2 aromatic rings. The summed E-state index contributed by atoms with van der Waals surface area (Å²) < 4.78 is 5.45. The first-order valence-corrected chi connectivity index (χ1v) is 8.91. The molecule has 0 aliphatic carbocycles. The molecule has 0 bridgehead atoms. The highest BCUT2D eigenvalue weighted by molar-refractivity contribution is 5.95. The molecule has 1 aliphatic heterocycles. The second-order valence-electron chi connectivity index (χ2n) is 6.56. The smallest absolute Gasteiger partial charge is 0.336 e. The standard InChI is InChI=1S/C21H20N2O5/c1-14-20(21(25)28-12-11-15-5-3-2-4-6-15)18(13-19(24)22-14)16-7-9-17(10-8-16)23(26)27/h2-10,18H,11-13H2,1H3,(H,22,24)/t18-/m1/s1. The summed E-state index contributed by atoms with van der Waals surface area (Å²) in [6.45, 7) is 1.88. The van der Waals surface area contributed by atoms with E-state index >= 15 is 0 Å². The fourth-order valence-corrected chi connectivity index (χ4v) is 3.27. The third-order valence-electron chi connectivity index (χ3n) is 4.66. The van der Waals surface area contributed by atoms with Crippen LogP contribution in [0, 0.1) is 10.1 Å². The molecule has 144 valence electrons. The first-order valence-electron chi connectivity index (χ1n) is 8.91. The van der Waals surface area contributed by atoms with Crippen LogP contribution < -0.4 is 5.32 Å². The fraction of sp³-hybridized carbons (Fsp3) is 0.238. The van der Waals surface area contributed by atoms with E-state index in [1.165, 1.54) is 12.1 Å². The van der Waals surface area contributed by atoms with Crippen molar-refractivity contribution < 1.29 is 19.2 Å². The quantitative estimate of drug-likeness (QED) is 0.471. The number of non-ortho nitro benzene ring substituents is 1. The van der Waals surface area contributed by atoms with E-state index in [0.29, 0.717) is 23.3 Å². The third kappa shape index (κ3) is 4.43. The Kier molecular flexibility index (Phi) is 5.84. The van der Waals surface area contributed by atoms with Gasteiger partial charge < -0.3 is 10.1 Å². The summed E-state index contributed by atoms with van der Waals surface area (Å²) in [5.74, 6) is -1.20. The molecule has 0 saturated carbocycles. The van der Waals surface area contributed by atoms with Crippen LogP contribution in [0.15, 0.2) is 65.9 Å². The molecule has 0 fully saturated rings. The third-order valence-corrected chi connectivity index (χ3v) is 4.66. The van der Waals surface area contributed by atoms with Crippen molar-refractivity contribution in [2.45, 2.75) is 25.7 Å². The summed E-state index contributed by atoms with van der Waals surface area (Å²) >= 11 is 0. The zero-order chi connectivity index (χ0) is 20.1. The maximum absolute atomic E-state index is 12.7. The number of nitrogens with zero attached hydrogens (tertiary/aromatic N) is 1. The molecule has 7 nitrogen and oxygen atoms in total. The number of allylic oxidation sites excluding steroid dienone is 1. The molecule has 0 radical (unpaired) electrons. The first-order chi connectivity index (χ1) is 13.5. The van der Waals surface area contributed by atoms with Crippen LogP contribution in [0.2, 0.25) is 0 Å². The fourth-order valence-electron chi connectivity index (χ4n) is 3.27. The Morgan fingerprint density at radius 2 is 1.86 bits per heavy atom. The van der Waals surface area contributed by atoms with Gasteiger partial charge in [-0.2, -0.15) is 0 Å². The monoisotopic (exact) mass is 380 g/mol. The maximum atomic E-state index is 12.7. The summed E-state index contributed by atoms with van der Waals surface area (Å²) in [5, 5.41) is 13.5. The first kappa shape index (κ1) is 19.3. The van der Waals surface area contributed by atoms with Crippen molar-refractivity contribution in [2.24, 2.45) is 0 Å². The summed E-state index contributed by atoms with van der Waals surface area (Å²) in [4.78, 5) is 35.1. The summed E-state index contributed by atoms with van der Waals surface area (Å²) in [6.07, 6.45) is 0.672. The van der Waals surface area contributed by atoms with Crippen LogP contribution in [0.1, 0.15) is 30.4 Å². The number of esters is 1. The SMILES string of the molecule is CC1=C(C(=O)OCCc2ccccc2)[C@@H](c2ccc([N+](=O)[O-])cc2)CC(=O)N1. The number of rotatable bonds is 6. The Bertz CT molecular complexity index is 920. The molecular weight excluding hydrogens is 360 g/mol. The number of carbonyl (C=O) groups excluding carboxylic acids is 2. The van der Waals surface area contributed by atoms with Gasteiger partial charge in [0.05, 0.1) is 17.1 Å². The van der Waals surface area contributed by atoms with Crippen LogP contribution in [0.3, 0.4) is 0 Å². The molecule has 0 unspecified atom stereocenters. The predicted molar refractivity (Wildman–Crippen MR) is 102 cm³/mol. The van der Waals surface area contributed by atoms with E-state index in [0.717, 1.165) is 5.56 Å². The Labute approximate surface area is 162 Å². The van der Waals surface area contributed by atoms with Crippen molar-refractivity contribution in [3.8, 4) is 0 Å². The van der Waals surface area contributed by atoms with Crippen LogP contribution in [-0.4, -0.2) is 23.4 Å². The lowest BCUT2D eigenvalue weighted by Crippen LogP contribution is -2.34. The molecule has 1 atom stereocenters. The number of amides is 1.